The Balaban J connectivity index is 4.02. The predicted octanol–water partition coefficient (Wildman–Crippen LogP) is -0.960. The van der Waals surface area contributed by atoms with Crippen LogP contribution in [0.1, 0.15) is 13.8 Å². The van der Waals surface area contributed by atoms with Crippen LogP contribution in [0.3, 0.4) is 0 Å². The lowest BCUT2D eigenvalue weighted by atomic mass is 10.1. The molecule has 0 amide bonds. The lowest BCUT2D eigenvalue weighted by Crippen LogP contribution is -2.46. The van der Waals surface area contributed by atoms with Gasteiger partial charge in [0.15, 0.2) is 0 Å². The SMILES string of the molecule is COCCNS(=O)(=O)NC(C)C(C)CN. The number of methoxy groups -OCH3 is 1. The monoisotopic (exact) mass is 239 g/mol. The standard InChI is InChI=1S/C8H21N3O3S/c1-7(6-9)8(2)11-15(12,13)10-4-5-14-3/h7-8,10-11H,4-6,9H2,1-3H3. The van der Waals surface area contributed by atoms with Gasteiger partial charge in [-0.2, -0.15) is 17.9 Å². The van der Waals surface area contributed by atoms with Gasteiger partial charge in [0, 0.05) is 19.7 Å². The van der Waals surface area contributed by atoms with Gasteiger partial charge in [-0.3, -0.25) is 0 Å². The van der Waals surface area contributed by atoms with Gasteiger partial charge in [-0.15, -0.1) is 0 Å². The first-order valence-electron chi connectivity index (χ1n) is 4.89. The summed E-state index contributed by atoms with van der Waals surface area (Å²) in [6.45, 7) is 4.73. The first-order chi connectivity index (χ1) is 6.93. The zero-order valence-electron chi connectivity index (χ0n) is 9.49. The van der Waals surface area contributed by atoms with Crippen LogP contribution >= 0.6 is 0 Å². The van der Waals surface area contributed by atoms with E-state index in [0.29, 0.717) is 13.2 Å². The number of ether oxygens (including phenoxy) is 1. The molecule has 0 aliphatic carbocycles. The highest BCUT2D eigenvalue weighted by molar-refractivity contribution is 7.87. The second-order valence-corrected chi connectivity index (χ2v) is 5.04. The van der Waals surface area contributed by atoms with Crippen LogP contribution in [-0.2, 0) is 14.9 Å². The molecule has 0 saturated heterocycles. The maximum absolute atomic E-state index is 11.4. The van der Waals surface area contributed by atoms with Gasteiger partial charge >= 0.3 is 0 Å². The zero-order chi connectivity index (χ0) is 11.9. The Kier molecular flexibility index (Phi) is 7.03. The van der Waals surface area contributed by atoms with Crippen LogP contribution in [0.2, 0.25) is 0 Å². The van der Waals surface area contributed by atoms with Crippen molar-refractivity contribution in [1.82, 2.24) is 9.44 Å². The van der Waals surface area contributed by atoms with Crippen LogP contribution in [0, 0.1) is 5.92 Å². The average Bonchev–Trinajstić information content (AvgIpc) is 2.16. The summed E-state index contributed by atoms with van der Waals surface area (Å²) in [7, 11) is -1.93. The quantitative estimate of drug-likeness (QED) is 0.476. The van der Waals surface area contributed by atoms with E-state index in [2.05, 4.69) is 9.44 Å². The fourth-order valence-electron chi connectivity index (χ4n) is 0.885. The summed E-state index contributed by atoms with van der Waals surface area (Å²) < 4.78 is 32.4. The van der Waals surface area contributed by atoms with Crippen molar-refractivity contribution in [2.24, 2.45) is 11.7 Å². The van der Waals surface area contributed by atoms with E-state index in [-0.39, 0.29) is 18.5 Å². The second-order valence-electron chi connectivity index (χ2n) is 3.51. The Morgan fingerprint density at radius 3 is 2.47 bits per heavy atom. The fraction of sp³-hybridized carbons (Fsp3) is 1.00. The molecule has 4 N–H and O–H groups in total. The van der Waals surface area contributed by atoms with Gasteiger partial charge in [-0.25, -0.2) is 0 Å². The summed E-state index contributed by atoms with van der Waals surface area (Å²) in [6, 6.07) is -0.185. The van der Waals surface area contributed by atoms with Crippen molar-refractivity contribution in [3.63, 3.8) is 0 Å². The lowest BCUT2D eigenvalue weighted by molar-refractivity contribution is 0.204. The number of nitrogens with two attached hydrogens (primary N) is 1. The molecular formula is C8H21N3O3S. The molecule has 0 saturated carbocycles. The Morgan fingerprint density at radius 2 is 2.00 bits per heavy atom. The van der Waals surface area contributed by atoms with Gasteiger partial charge < -0.3 is 10.5 Å². The minimum absolute atomic E-state index is 0.101. The topological polar surface area (TPSA) is 93.4 Å². The molecule has 0 aliphatic heterocycles. The summed E-state index contributed by atoms with van der Waals surface area (Å²) in [5, 5.41) is 0. The van der Waals surface area contributed by atoms with E-state index in [1.165, 1.54) is 7.11 Å². The third kappa shape index (κ3) is 6.80. The van der Waals surface area contributed by atoms with Crippen molar-refractivity contribution in [2.75, 3.05) is 26.8 Å². The summed E-state index contributed by atoms with van der Waals surface area (Å²) >= 11 is 0. The molecular weight excluding hydrogens is 218 g/mol. The van der Waals surface area contributed by atoms with E-state index < -0.39 is 10.2 Å². The molecule has 0 aromatic carbocycles. The van der Waals surface area contributed by atoms with Crippen molar-refractivity contribution >= 4 is 10.2 Å². The molecule has 0 bridgehead atoms. The highest BCUT2D eigenvalue weighted by Crippen LogP contribution is 2.00. The van der Waals surface area contributed by atoms with E-state index in [1.807, 2.05) is 6.92 Å². The van der Waals surface area contributed by atoms with Crippen LogP contribution in [0.25, 0.3) is 0 Å². The first kappa shape index (κ1) is 14.8. The molecule has 2 unspecified atom stereocenters. The minimum Gasteiger partial charge on any atom is -0.383 e. The van der Waals surface area contributed by atoms with E-state index >= 15 is 0 Å². The number of hydrogen-bond acceptors (Lipinski definition) is 4. The molecule has 0 aliphatic rings. The third-order valence-electron chi connectivity index (χ3n) is 2.16. The van der Waals surface area contributed by atoms with E-state index in [9.17, 15) is 8.42 Å². The van der Waals surface area contributed by atoms with Crippen LogP contribution in [0.5, 0.6) is 0 Å². The molecule has 0 aromatic rings. The Morgan fingerprint density at radius 1 is 1.40 bits per heavy atom. The third-order valence-corrected chi connectivity index (χ3v) is 3.43. The zero-order valence-corrected chi connectivity index (χ0v) is 10.3. The normalized spacial score (nSPS) is 16.3. The molecule has 92 valence electrons. The van der Waals surface area contributed by atoms with Gasteiger partial charge in [-0.05, 0) is 19.4 Å². The highest BCUT2D eigenvalue weighted by atomic mass is 32.2. The molecule has 0 spiro atoms. The fourth-order valence-corrected chi connectivity index (χ4v) is 2.04. The minimum atomic E-state index is -3.44. The van der Waals surface area contributed by atoms with E-state index in [1.54, 1.807) is 6.92 Å². The molecule has 6 nitrogen and oxygen atoms in total. The van der Waals surface area contributed by atoms with Crippen LogP contribution in [-0.4, -0.2) is 41.3 Å². The highest BCUT2D eigenvalue weighted by Gasteiger charge is 2.17. The molecule has 15 heavy (non-hydrogen) atoms. The number of hydrogen-bond donors (Lipinski definition) is 3. The summed E-state index contributed by atoms with van der Waals surface area (Å²) in [5.74, 6) is 0.101. The predicted molar refractivity (Wildman–Crippen MR) is 59.6 cm³/mol. The lowest BCUT2D eigenvalue weighted by Gasteiger charge is -2.19. The smallest absolute Gasteiger partial charge is 0.277 e. The summed E-state index contributed by atoms with van der Waals surface area (Å²) in [6.07, 6.45) is 0. The average molecular weight is 239 g/mol. The Bertz CT molecular complexity index is 256. The van der Waals surface area contributed by atoms with Crippen LogP contribution < -0.4 is 15.2 Å². The van der Waals surface area contributed by atoms with Crippen molar-refractivity contribution < 1.29 is 13.2 Å². The number of rotatable bonds is 8. The maximum Gasteiger partial charge on any atom is 0.277 e. The van der Waals surface area contributed by atoms with Gasteiger partial charge in [0.2, 0.25) is 0 Å². The van der Waals surface area contributed by atoms with Gasteiger partial charge in [-0.1, -0.05) is 6.92 Å². The molecule has 0 rings (SSSR count). The largest absolute Gasteiger partial charge is 0.383 e. The van der Waals surface area contributed by atoms with Crippen molar-refractivity contribution in [2.45, 2.75) is 19.9 Å². The van der Waals surface area contributed by atoms with Gasteiger partial charge in [0.1, 0.15) is 0 Å². The summed E-state index contributed by atoms with van der Waals surface area (Å²) in [5.41, 5.74) is 5.44. The molecule has 7 heteroatoms. The van der Waals surface area contributed by atoms with Crippen LogP contribution in [0.4, 0.5) is 0 Å². The van der Waals surface area contributed by atoms with E-state index in [4.69, 9.17) is 10.5 Å². The van der Waals surface area contributed by atoms with Crippen molar-refractivity contribution in [1.29, 1.82) is 0 Å². The summed E-state index contributed by atoms with van der Waals surface area (Å²) in [4.78, 5) is 0. The Hall–Kier alpha value is -0.210. The Labute approximate surface area is 91.7 Å². The van der Waals surface area contributed by atoms with Gasteiger partial charge in [0.25, 0.3) is 10.2 Å². The van der Waals surface area contributed by atoms with Crippen molar-refractivity contribution in [3.05, 3.63) is 0 Å². The molecule has 0 heterocycles. The molecule has 0 fully saturated rings. The van der Waals surface area contributed by atoms with Crippen LogP contribution in [0.15, 0.2) is 0 Å². The van der Waals surface area contributed by atoms with Crippen molar-refractivity contribution in [3.8, 4) is 0 Å². The molecule has 0 radical (unpaired) electrons. The molecule has 0 aromatic heterocycles. The number of nitrogens with one attached hydrogen (secondary N) is 2. The molecule has 2 atom stereocenters. The first-order valence-corrected chi connectivity index (χ1v) is 6.37. The maximum atomic E-state index is 11.4. The second kappa shape index (κ2) is 7.13. The van der Waals surface area contributed by atoms with E-state index in [0.717, 1.165) is 0 Å². The van der Waals surface area contributed by atoms with Gasteiger partial charge in [0.05, 0.1) is 6.61 Å².